The summed E-state index contributed by atoms with van der Waals surface area (Å²) < 4.78 is 8.45. The van der Waals surface area contributed by atoms with Gasteiger partial charge in [-0.2, -0.15) is 0 Å². The van der Waals surface area contributed by atoms with Crippen LogP contribution in [0.25, 0.3) is 0 Å². The van der Waals surface area contributed by atoms with Crippen LogP contribution in [0.4, 0.5) is 0 Å². The third-order valence-corrected chi connectivity index (χ3v) is 3.28. The van der Waals surface area contributed by atoms with Gasteiger partial charge < -0.3 is 9.47 Å². The van der Waals surface area contributed by atoms with E-state index in [4.69, 9.17) is 9.47 Å². The first-order chi connectivity index (χ1) is 7.28. The molecule has 0 N–H and O–H groups in total. The maximum atomic E-state index is 11.8. The number of hydrogen-bond acceptors (Lipinski definition) is 5. The highest BCUT2D eigenvalue weighted by atomic mass is 79.9. The van der Waals surface area contributed by atoms with Crippen LogP contribution in [0.5, 0.6) is 0 Å². The van der Waals surface area contributed by atoms with Crippen molar-refractivity contribution in [3.8, 4) is 0 Å². The van der Waals surface area contributed by atoms with Crippen LogP contribution >= 0.6 is 15.9 Å². The van der Waals surface area contributed by atoms with E-state index in [9.17, 15) is 14.4 Å². The Kier molecular flexibility index (Phi) is 3.35. The van der Waals surface area contributed by atoms with E-state index in [1.165, 1.54) is 14.0 Å². The van der Waals surface area contributed by atoms with Gasteiger partial charge in [-0.1, -0.05) is 15.9 Å². The SMILES string of the molecule is CO[C@@]1(OC(C)=O)C(=O)C=CC(=O)[C@@]1(C)Br. The van der Waals surface area contributed by atoms with Gasteiger partial charge >= 0.3 is 5.97 Å². The second-order valence-corrected chi connectivity index (χ2v) is 5.07. The molecule has 0 spiro atoms. The Morgan fingerprint density at radius 1 is 1.31 bits per heavy atom. The lowest BCUT2D eigenvalue weighted by molar-refractivity contribution is -0.223. The monoisotopic (exact) mass is 290 g/mol. The van der Waals surface area contributed by atoms with Gasteiger partial charge in [0.2, 0.25) is 5.78 Å². The Balaban J connectivity index is 3.33. The summed E-state index contributed by atoms with van der Waals surface area (Å²) >= 11 is 3.09. The number of hydrogen-bond donors (Lipinski definition) is 0. The molecule has 0 unspecified atom stereocenters. The standard InChI is InChI=1S/C10H11BrO5/c1-6(12)16-10(15-3)8(14)5-4-7(13)9(10,2)11/h4-5H,1-3H3/t9-,10-/m1/s1. The Labute approximate surface area is 101 Å². The number of esters is 1. The minimum absolute atomic E-state index is 0.407. The molecule has 0 aliphatic heterocycles. The average Bonchev–Trinajstić information content (AvgIpc) is 2.19. The van der Waals surface area contributed by atoms with Crippen molar-refractivity contribution in [2.45, 2.75) is 24.0 Å². The smallest absolute Gasteiger partial charge is 0.305 e. The quantitative estimate of drug-likeness (QED) is 0.426. The fourth-order valence-electron chi connectivity index (χ4n) is 1.49. The zero-order valence-electron chi connectivity index (χ0n) is 9.07. The first-order valence-corrected chi connectivity index (χ1v) is 5.28. The van der Waals surface area contributed by atoms with Gasteiger partial charge in [0.15, 0.2) is 10.1 Å². The maximum Gasteiger partial charge on any atom is 0.305 e. The lowest BCUT2D eigenvalue weighted by atomic mass is 9.86. The van der Waals surface area contributed by atoms with E-state index in [2.05, 4.69) is 15.9 Å². The van der Waals surface area contributed by atoms with Crippen molar-refractivity contribution in [3.05, 3.63) is 12.2 Å². The number of allylic oxidation sites excluding steroid dienone is 1. The van der Waals surface area contributed by atoms with Crippen LogP contribution in [-0.2, 0) is 23.9 Å². The third-order valence-electron chi connectivity index (χ3n) is 2.37. The van der Waals surface area contributed by atoms with E-state index in [-0.39, 0.29) is 0 Å². The first kappa shape index (κ1) is 13.1. The van der Waals surface area contributed by atoms with Gasteiger partial charge in [0.1, 0.15) is 0 Å². The van der Waals surface area contributed by atoms with Gasteiger partial charge in [-0.05, 0) is 19.1 Å². The van der Waals surface area contributed by atoms with Crippen LogP contribution in [0.3, 0.4) is 0 Å². The molecule has 0 aromatic heterocycles. The molecule has 0 bridgehead atoms. The zero-order chi connectivity index (χ0) is 12.6. The molecule has 0 aromatic carbocycles. The number of carbonyl (C=O) groups excluding carboxylic acids is 3. The van der Waals surface area contributed by atoms with E-state index >= 15 is 0 Å². The molecule has 0 fully saturated rings. The molecule has 6 heteroatoms. The van der Waals surface area contributed by atoms with Crippen molar-refractivity contribution >= 4 is 33.5 Å². The molecule has 0 aromatic rings. The minimum atomic E-state index is -1.94. The molecule has 0 radical (unpaired) electrons. The second kappa shape index (κ2) is 4.10. The summed E-state index contributed by atoms with van der Waals surface area (Å²) in [5.41, 5.74) is 0. The Bertz CT molecular complexity index is 385. The predicted molar refractivity (Wildman–Crippen MR) is 58.0 cm³/mol. The number of ether oxygens (including phenoxy) is 2. The molecule has 0 saturated heterocycles. The maximum absolute atomic E-state index is 11.8. The van der Waals surface area contributed by atoms with Gasteiger partial charge in [-0.3, -0.25) is 14.4 Å². The van der Waals surface area contributed by atoms with Crippen molar-refractivity contribution in [2.75, 3.05) is 7.11 Å². The number of methoxy groups -OCH3 is 1. The van der Waals surface area contributed by atoms with Crippen molar-refractivity contribution < 1.29 is 23.9 Å². The molecular weight excluding hydrogens is 280 g/mol. The van der Waals surface area contributed by atoms with Gasteiger partial charge in [-0.15, -0.1) is 0 Å². The van der Waals surface area contributed by atoms with Crippen LogP contribution < -0.4 is 0 Å². The molecule has 1 aliphatic carbocycles. The summed E-state index contributed by atoms with van der Waals surface area (Å²) in [6.45, 7) is 2.56. The first-order valence-electron chi connectivity index (χ1n) is 4.48. The van der Waals surface area contributed by atoms with Crippen LogP contribution in [0.2, 0.25) is 0 Å². The Morgan fingerprint density at radius 3 is 2.25 bits per heavy atom. The number of ketones is 2. The zero-order valence-corrected chi connectivity index (χ0v) is 10.7. The van der Waals surface area contributed by atoms with Crippen molar-refractivity contribution in [2.24, 2.45) is 0 Å². The number of alkyl halides is 1. The highest BCUT2D eigenvalue weighted by Crippen LogP contribution is 2.40. The van der Waals surface area contributed by atoms with Crippen molar-refractivity contribution in [3.63, 3.8) is 0 Å². The highest BCUT2D eigenvalue weighted by Gasteiger charge is 2.61. The second-order valence-electron chi connectivity index (χ2n) is 3.48. The molecule has 88 valence electrons. The Morgan fingerprint density at radius 2 is 1.81 bits per heavy atom. The molecule has 0 heterocycles. The summed E-state index contributed by atoms with van der Waals surface area (Å²) in [7, 11) is 1.20. The molecule has 5 nitrogen and oxygen atoms in total. The van der Waals surface area contributed by atoms with E-state index in [0.29, 0.717) is 0 Å². The van der Waals surface area contributed by atoms with Crippen LogP contribution in [0.1, 0.15) is 13.8 Å². The molecule has 1 aliphatic rings. The highest BCUT2D eigenvalue weighted by molar-refractivity contribution is 9.10. The summed E-state index contributed by atoms with van der Waals surface area (Å²) in [5, 5.41) is 0. The lowest BCUT2D eigenvalue weighted by Gasteiger charge is -2.40. The van der Waals surface area contributed by atoms with E-state index in [1.54, 1.807) is 0 Å². The number of carbonyl (C=O) groups is 3. The molecule has 0 saturated carbocycles. The fraction of sp³-hybridized carbons (Fsp3) is 0.500. The normalized spacial score (nSPS) is 34.0. The largest absolute Gasteiger partial charge is 0.423 e. The summed E-state index contributed by atoms with van der Waals surface area (Å²) in [5.74, 6) is -3.65. The number of rotatable bonds is 2. The van der Waals surface area contributed by atoms with Crippen LogP contribution in [0.15, 0.2) is 12.2 Å². The third kappa shape index (κ3) is 1.72. The molecule has 2 atom stereocenters. The van der Waals surface area contributed by atoms with Crippen LogP contribution in [-0.4, -0.2) is 34.8 Å². The van der Waals surface area contributed by atoms with Crippen LogP contribution in [0, 0.1) is 0 Å². The molecule has 16 heavy (non-hydrogen) atoms. The van der Waals surface area contributed by atoms with Crippen molar-refractivity contribution in [1.82, 2.24) is 0 Å². The van der Waals surface area contributed by atoms with E-state index in [1.807, 2.05) is 0 Å². The average molecular weight is 291 g/mol. The summed E-state index contributed by atoms with van der Waals surface area (Å²) in [4.78, 5) is 34.4. The lowest BCUT2D eigenvalue weighted by Crippen LogP contribution is -2.62. The van der Waals surface area contributed by atoms with Gasteiger partial charge in [-0.25, -0.2) is 0 Å². The van der Waals surface area contributed by atoms with Gasteiger partial charge in [0.25, 0.3) is 5.79 Å². The predicted octanol–water partition coefficient (Wildman–Crippen LogP) is 0.754. The minimum Gasteiger partial charge on any atom is -0.423 e. The van der Waals surface area contributed by atoms with E-state index < -0.39 is 27.6 Å². The van der Waals surface area contributed by atoms with Gasteiger partial charge in [0.05, 0.1) is 0 Å². The van der Waals surface area contributed by atoms with E-state index in [0.717, 1.165) is 19.1 Å². The Hall–Kier alpha value is -1.01. The molecule has 1 rings (SSSR count). The summed E-state index contributed by atoms with van der Waals surface area (Å²) in [6.07, 6.45) is 2.16. The number of halogens is 1. The van der Waals surface area contributed by atoms with Gasteiger partial charge in [0, 0.05) is 14.0 Å². The molecule has 0 amide bonds. The summed E-state index contributed by atoms with van der Waals surface area (Å²) in [6, 6.07) is 0. The molecular formula is C10H11BrO5. The topological polar surface area (TPSA) is 69.7 Å². The van der Waals surface area contributed by atoms with Crippen molar-refractivity contribution in [1.29, 1.82) is 0 Å². The fourth-order valence-corrected chi connectivity index (χ4v) is 2.06.